The van der Waals surface area contributed by atoms with Crippen LogP contribution in [0.15, 0.2) is 33.6 Å². The third kappa shape index (κ3) is 4.23. The van der Waals surface area contributed by atoms with E-state index in [9.17, 15) is 13.2 Å². The number of sulfonamides is 1. The minimum atomic E-state index is -3.62. The molecule has 2 aromatic rings. The van der Waals surface area contributed by atoms with Gasteiger partial charge in [-0.15, -0.1) is 0 Å². The zero-order valence-corrected chi connectivity index (χ0v) is 17.3. The van der Waals surface area contributed by atoms with Crippen LogP contribution in [0.25, 0.3) is 0 Å². The van der Waals surface area contributed by atoms with Crippen molar-refractivity contribution in [2.75, 3.05) is 26.7 Å². The molecule has 0 aliphatic carbocycles. The molecule has 1 aliphatic rings. The predicted molar refractivity (Wildman–Crippen MR) is 105 cm³/mol. The standard InChI is InChI=1S/C20H26N2O5S/c1-14-6-7-17(26-3)16(12-14)8-9-21-20(23)18-13-19(15(2)27-18)28(24,25)22-10-4-5-11-22/h6-7,12-13H,4-5,8-11H2,1-3H3,(H,21,23). The Morgan fingerprint density at radius 2 is 1.93 bits per heavy atom. The second-order valence-electron chi connectivity index (χ2n) is 6.96. The van der Waals surface area contributed by atoms with E-state index >= 15 is 0 Å². The zero-order chi connectivity index (χ0) is 20.3. The molecule has 3 rings (SSSR count). The number of benzene rings is 1. The first kappa shape index (κ1) is 20.4. The third-order valence-corrected chi connectivity index (χ3v) is 6.90. The molecular formula is C20H26N2O5S. The topological polar surface area (TPSA) is 88.8 Å². The van der Waals surface area contributed by atoms with Gasteiger partial charge < -0.3 is 14.5 Å². The molecular weight excluding hydrogens is 380 g/mol. The van der Waals surface area contributed by atoms with E-state index in [1.165, 1.54) is 10.4 Å². The van der Waals surface area contributed by atoms with E-state index in [4.69, 9.17) is 9.15 Å². The first-order chi connectivity index (χ1) is 13.3. The first-order valence-corrected chi connectivity index (χ1v) is 10.8. The maximum Gasteiger partial charge on any atom is 0.287 e. The molecule has 0 unspecified atom stereocenters. The highest BCUT2D eigenvalue weighted by atomic mass is 32.2. The van der Waals surface area contributed by atoms with Gasteiger partial charge in [0.05, 0.1) is 7.11 Å². The number of nitrogens with zero attached hydrogens (tertiary/aromatic N) is 1. The van der Waals surface area contributed by atoms with Gasteiger partial charge in [0, 0.05) is 25.7 Å². The number of rotatable bonds is 7. The summed E-state index contributed by atoms with van der Waals surface area (Å²) in [6.07, 6.45) is 2.30. The lowest BCUT2D eigenvalue weighted by Gasteiger charge is -2.14. The van der Waals surface area contributed by atoms with Gasteiger partial charge in [0.1, 0.15) is 16.4 Å². The minimum absolute atomic E-state index is 0.00600. The molecule has 1 aromatic carbocycles. The van der Waals surface area contributed by atoms with Crippen LogP contribution in [0.1, 0.15) is 40.3 Å². The summed E-state index contributed by atoms with van der Waals surface area (Å²) in [6.45, 7) is 4.96. The Labute approximate surface area is 165 Å². The molecule has 1 aliphatic heterocycles. The second kappa shape index (κ2) is 8.36. The molecule has 0 spiro atoms. The Kier molecular flexibility index (Phi) is 6.10. The fraction of sp³-hybridized carbons (Fsp3) is 0.450. The van der Waals surface area contributed by atoms with E-state index in [1.807, 2.05) is 25.1 Å². The van der Waals surface area contributed by atoms with E-state index < -0.39 is 15.9 Å². The summed E-state index contributed by atoms with van der Waals surface area (Å²) in [5.74, 6) is 0.578. The summed E-state index contributed by atoms with van der Waals surface area (Å²) >= 11 is 0. The fourth-order valence-electron chi connectivity index (χ4n) is 3.40. The first-order valence-electron chi connectivity index (χ1n) is 9.35. The number of amides is 1. The van der Waals surface area contributed by atoms with Crippen molar-refractivity contribution in [2.45, 2.75) is 38.0 Å². The van der Waals surface area contributed by atoms with Crippen LogP contribution in [0.5, 0.6) is 5.75 Å². The SMILES string of the molecule is COc1ccc(C)cc1CCNC(=O)c1cc(S(=O)(=O)N2CCCC2)c(C)o1. The lowest BCUT2D eigenvalue weighted by molar-refractivity contribution is 0.0925. The third-order valence-electron chi connectivity index (χ3n) is 4.89. The number of carbonyl (C=O) groups excluding carboxylic acids is 1. The molecule has 0 atom stereocenters. The minimum Gasteiger partial charge on any atom is -0.496 e. The van der Waals surface area contributed by atoms with Crippen LogP contribution in [0, 0.1) is 13.8 Å². The molecule has 7 nitrogen and oxygen atoms in total. The number of aryl methyl sites for hydroxylation is 2. The number of carbonyl (C=O) groups is 1. The summed E-state index contributed by atoms with van der Waals surface area (Å²) in [4.78, 5) is 12.5. The Hall–Kier alpha value is -2.32. The molecule has 152 valence electrons. The molecule has 8 heteroatoms. The molecule has 2 heterocycles. The van der Waals surface area contributed by atoms with Gasteiger partial charge in [0.2, 0.25) is 10.0 Å². The van der Waals surface area contributed by atoms with E-state index in [1.54, 1.807) is 14.0 Å². The summed E-state index contributed by atoms with van der Waals surface area (Å²) in [7, 11) is -2.00. The van der Waals surface area contributed by atoms with Crippen molar-refractivity contribution >= 4 is 15.9 Å². The molecule has 1 aromatic heterocycles. The number of methoxy groups -OCH3 is 1. The molecule has 1 amide bonds. The molecule has 28 heavy (non-hydrogen) atoms. The van der Waals surface area contributed by atoms with Crippen LogP contribution >= 0.6 is 0 Å². The summed E-state index contributed by atoms with van der Waals surface area (Å²) in [6, 6.07) is 7.21. The van der Waals surface area contributed by atoms with E-state index in [-0.39, 0.29) is 16.4 Å². The monoisotopic (exact) mass is 406 g/mol. The van der Waals surface area contributed by atoms with Gasteiger partial charge in [0.15, 0.2) is 5.76 Å². The highest BCUT2D eigenvalue weighted by Crippen LogP contribution is 2.26. The van der Waals surface area contributed by atoms with Crippen LogP contribution in [-0.2, 0) is 16.4 Å². The van der Waals surface area contributed by atoms with Gasteiger partial charge >= 0.3 is 0 Å². The van der Waals surface area contributed by atoms with Gasteiger partial charge in [-0.1, -0.05) is 17.7 Å². The van der Waals surface area contributed by atoms with E-state index in [2.05, 4.69) is 5.32 Å². The smallest absolute Gasteiger partial charge is 0.287 e. The second-order valence-corrected chi connectivity index (χ2v) is 8.87. The van der Waals surface area contributed by atoms with E-state index in [0.717, 1.165) is 29.7 Å². The number of hydrogen-bond donors (Lipinski definition) is 1. The van der Waals surface area contributed by atoms with Crippen LogP contribution < -0.4 is 10.1 Å². The van der Waals surface area contributed by atoms with Crippen LogP contribution in [0.2, 0.25) is 0 Å². The highest BCUT2D eigenvalue weighted by Gasteiger charge is 2.31. The van der Waals surface area contributed by atoms with Crippen molar-refractivity contribution in [3.05, 3.63) is 46.9 Å². The average molecular weight is 407 g/mol. The van der Waals surface area contributed by atoms with Gasteiger partial charge in [0.25, 0.3) is 5.91 Å². The van der Waals surface area contributed by atoms with Crippen molar-refractivity contribution in [3.63, 3.8) is 0 Å². The lowest BCUT2D eigenvalue weighted by atomic mass is 10.1. The Morgan fingerprint density at radius 3 is 2.61 bits per heavy atom. The molecule has 1 fully saturated rings. The van der Waals surface area contributed by atoms with Crippen LogP contribution in [0.4, 0.5) is 0 Å². The van der Waals surface area contributed by atoms with Crippen LogP contribution in [0.3, 0.4) is 0 Å². The highest BCUT2D eigenvalue weighted by molar-refractivity contribution is 7.89. The van der Waals surface area contributed by atoms with Crippen molar-refractivity contribution < 1.29 is 22.4 Å². The molecule has 1 saturated heterocycles. The van der Waals surface area contributed by atoms with Crippen LogP contribution in [-0.4, -0.2) is 45.4 Å². The van der Waals surface area contributed by atoms with Gasteiger partial charge in [-0.3, -0.25) is 4.79 Å². The Morgan fingerprint density at radius 1 is 1.21 bits per heavy atom. The average Bonchev–Trinajstić information content (AvgIpc) is 3.32. The van der Waals surface area contributed by atoms with Gasteiger partial charge in [-0.05, 0) is 44.7 Å². The molecule has 0 saturated carbocycles. The van der Waals surface area contributed by atoms with Gasteiger partial charge in [-0.25, -0.2) is 8.42 Å². The Balaban J connectivity index is 1.66. The van der Waals surface area contributed by atoms with Crippen molar-refractivity contribution in [2.24, 2.45) is 0 Å². The quantitative estimate of drug-likeness (QED) is 0.764. The molecule has 0 bridgehead atoms. The summed E-state index contributed by atoms with van der Waals surface area (Å²) < 4.78 is 37.7. The molecule has 0 radical (unpaired) electrons. The van der Waals surface area contributed by atoms with Crippen molar-refractivity contribution in [1.29, 1.82) is 0 Å². The lowest BCUT2D eigenvalue weighted by Crippen LogP contribution is -2.28. The van der Waals surface area contributed by atoms with Crippen molar-refractivity contribution in [3.8, 4) is 5.75 Å². The summed E-state index contributed by atoms with van der Waals surface area (Å²) in [5.41, 5.74) is 2.11. The largest absolute Gasteiger partial charge is 0.496 e. The number of ether oxygens (including phenoxy) is 1. The van der Waals surface area contributed by atoms with E-state index in [0.29, 0.717) is 26.1 Å². The fourth-order valence-corrected chi connectivity index (χ4v) is 5.08. The predicted octanol–water partition coefficient (Wildman–Crippen LogP) is 2.66. The van der Waals surface area contributed by atoms with Gasteiger partial charge in [-0.2, -0.15) is 4.31 Å². The Bertz CT molecular complexity index is 959. The summed E-state index contributed by atoms with van der Waals surface area (Å²) in [5, 5.41) is 2.78. The number of hydrogen-bond acceptors (Lipinski definition) is 5. The maximum atomic E-state index is 12.7. The van der Waals surface area contributed by atoms with Crippen molar-refractivity contribution in [1.82, 2.24) is 9.62 Å². The normalized spacial score (nSPS) is 15.0. The zero-order valence-electron chi connectivity index (χ0n) is 16.4. The number of nitrogens with one attached hydrogen (secondary N) is 1. The maximum absolute atomic E-state index is 12.7. The number of furan rings is 1. The molecule has 1 N–H and O–H groups in total.